The monoisotopic (exact) mass is 300 g/mol. The number of thiophene rings is 1. The van der Waals surface area contributed by atoms with E-state index in [1.54, 1.807) is 12.1 Å². The summed E-state index contributed by atoms with van der Waals surface area (Å²) in [6.07, 6.45) is 0. The molecule has 3 N–H and O–H groups in total. The van der Waals surface area contributed by atoms with Crippen molar-refractivity contribution in [2.75, 3.05) is 11.1 Å². The molecule has 0 aliphatic heterocycles. The first-order chi connectivity index (χ1) is 8.49. The normalized spacial score (nSPS) is 10.4. The molecule has 0 bridgehead atoms. The fraction of sp³-hybridized carbons (Fsp3) is 0.0833. The Morgan fingerprint density at radius 3 is 2.44 bits per heavy atom. The van der Waals surface area contributed by atoms with Gasteiger partial charge in [-0.25, -0.2) is 0 Å². The molecule has 0 saturated heterocycles. The van der Waals surface area contributed by atoms with E-state index in [2.05, 4.69) is 5.32 Å². The molecule has 2 aromatic rings. The molecule has 0 unspecified atom stereocenters. The summed E-state index contributed by atoms with van der Waals surface area (Å²) < 4.78 is 0. The summed E-state index contributed by atoms with van der Waals surface area (Å²) in [5, 5.41) is 5.25. The Labute approximate surface area is 119 Å². The predicted molar refractivity (Wildman–Crippen MR) is 77.9 cm³/mol. The third kappa shape index (κ3) is 2.61. The van der Waals surface area contributed by atoms with Crippen LogP contribution in [-0.2, 0) is 0 Å². The van der Waals surface area contributed by atoms with Crippen LogP contribution in [0.25, 0.3) is 0 Å². The molecule has 0 radical (unpaired) electrons. The molecule has 1 aromatic heterocycles. The van der Waals surface area contributed by atoms with Crippen LogP contribution in [0.15, 0.2) is 23.6 Å². The molecule has 0 spiro atoms. The van der Waals surface area contributed by atoms with E-state index in [0.717, 1.165) is 5.56 Å². The van der Waals surface area contributed by atoms with Gasteiger partial charge in [0.15, 0.2) is 0 Å². The highest BCUT2D eigenvalue weighted by Gasteiger charge is 2.12. The van der Waals surface area contributed by atoms with Crippen molar-refractivity contribution in [1.82, 2.24) is 0 Å². The lowest BCUT2D eigenvalue weighted by atomic mass is 10.2. The molecule has 0 atom stereocenters. The lowest BCUT2D eigenvalue weighted by Gasteiger charge is -2.08. The molecule has 2 rings (SSSR count). The number of carbonyl (C=O) groups excluding carboxylic acids is 1. The molecule has 1 aromatic carbocycles. The number of hydrogen-bond acceptors (Lipinski definition) is 3. The van der Waals surface area contributed by atoms with Crippen molar-refractivity contribution in [1.29, 1.82) is 0 Å². The van der Waals surface area contributed by atoms with Crippen LogP contribution in [0.4, 0.5) is 11.4 Å². The second-order valence-corrected chi connectivity index (χ2v) is 5.47. The van der Waals surface area contributed by atoms with Gasteiger partial charge in [-0.05, 0) is 36.1 Å². The summed E-state index contributed by atoms with van der Waals surface area (Å²) in [6, 6.07) is 5.04. The maximum absolute atomic E-state index is 12.0. The maximum atomic E-state index is 12.0. The first-order valence-corrected chi connectivity index (χ1v) is 6.72. The Balaban J connectivity index is 2.25. The predicted octanol–water partition coefficient (Wildman–Crippen LogP) is 4.20. The molecule has 0 aliphatic carbocycles. The minimum absolute atomic E-state index is 0.181. The molecule has 18 heavy (non-hydrogen) atoms. The van der Waals surface area contributed by atoms with E-state index in [-0.39, 0.29) is 5.91 Å². The van der Waals surface area contributed by atoms with Gasteiger partial charge < -0.3 is 11.1 Å². The summed E-state index contributed by atoms with van der Waals surface area (Å²) in [4.78, 5) is 12.7. The minimum Gasteiger partial charge on any atom is -0.396 e. The number of carbonyl (C=O) groups is 1. The number of halogens is 2. The first-order valence-electron chi connectivity index (χ1n) is 5.09. The number of hydrogen-bond donors (Lipinski definition) is 2. The zero-order valence-electron chi connectivity index (χ0n) is 9.46. The second-order valence-electron chi connectivity index (χ2n) is 3.74. The van der Waals surface area contributed by atoms with Crippen LogP contribution in [-0.4, -0.2) is 5.91 Å². The van der Waals surface area contributed by atoms with Crippen molar-refractivity contribution in [2.45, 2.75) is 6.92 Å². The highest BCUT2D eigenvalue weighted by atomic mass is 35.5. The molecule has 1 amide bonds. The molecule has 94 valence electrons. The number of nitrogens with two attached hydrogens (primary N) is 1. The van der Waals surface area contributed by atoms with Crippen molar-refractivity contribution in [2.24, 2.45) is 0 Å². The van der Waals surface area contributed by atoms with Gasteiger partial charge in [0.2, 0.25) is 0 Å². The lowest BCUT2D eigenvalue weighted by molar-refractivity contribution is 0.103. The average Bonchev–Trinajstić information content (AvgIpc) is 2.72. The van der Waals surface area contributed by atoms with Crippen LogP contribution in [0.1, 0.15) is 15.2 Å². The highest BCUT2D eigenvalue weighted by molar-refractivity contribution is 7.12. The number of anilines is 2. The molecule has 0 fully saturated rings. The number of amides is 1. The van der Waals surface area contributed by atoms with Crippen LogP contribution in [0, 0.1) is 6.92 Å². The Morgan fingerprint density at radius 1 is 1.33 bits per heavy atom. The number of nitrogens with one attached hydrogen (secondary N) is 1. The quantitative estimate of drug-likeness (QED) is 0.817. The molecule has 1 heterocycles. The number of aryl methyl sites for hydroxylation is 1. The zero-order chi connectivity index (χ0) is 13.3. The standard InChI is InChI=1S/C12H10Cl2N2OS/c1-6-2-3-18-11(6)12(17)16-7-4-8(13)10(15)9(14)5-7/h2-5H,15H2,1H3,(H,16,17). The molecule has 0 saturated carbocycles. The zero-order valence-corrected chi connectivity index (χ0v) is 11.8. The van der Waals surface area contributed by atoms with Crippen LogP contribution in [0.5, 0.6) is 0 Å². The van der Waals surface area contributed by atoms with Gasteiger partial charge in [-0.3, -0.25) is 4.79 Å². The van der Waals surface area contributed by atoms with Crippen molar-refractivity contribution in [3.63, 3.8) is 0 Å². The number of benzene rings is 1. The van der Waals surface area contributed by atoms with Crippen molar-refractivity contribution < 1.29 is 4.79 Å². The third-order valence-electron chi connectivity index (χ3n) is 2.41. The molecule has 0 aliphatic rings. The fourth-order valence-electron chi connectivity index (χ4n) is 1.45. The van der Waals surface area contributed by atoms with Crippen LogP contribution in [0.3, 0.4) is 0 Å². The summed E-state index contributed by atoms with van der Waals surface area (Å²) in [6.45, 7) is 1.88. The Hall–Kier alpha value is -1.23. The Morgan fingerprint density at radius 2 is 1.94 bits per heavy atom. The first kappa shape index (κ1) is 13.2. The SMILES string of the molecule is Cc1ccsc1C(=O)Nc1cc(Cl)c(N)c(Cl)c1. The van der Waals surface area contributed by atoms with E-state index >= 15 is 0 Å². The summed E-state index contributed by atoms with van der Waals surface area (Å²) >= 11 is 13.2. The third-order valence-corrected chi connectivity index (χ3v) is 4.05. The van der Waals surface area contributed by atoms with Crippen molar-refractivity contribution in [3.8, 4) is 0 Å². The molecule has 6 heteroatoms. The van der Waals surface area contributed by atoms with Crippen LogP contribution >= 0.6 is 34.5 Å². The Kier molecular flexibility index (Phi) is 3.80. The highest BCUT2D eigenvalue weighted by Crippen LogP contribution is 2.31. The van der Waals surface area contributed by atoms with Gasteiger partial charge in [0.05, 0.1) is 20.6 Å². The largest absolute Gasteiger partial charge is 0.396 e. The van der Waals surface area contributed by atoms with E-state index in [1.165, 1.54) is 11.3 Å². The van der Waals surface area contributed by atoms with Crippen molar-refractivity contribution in [3.05, 3.63) is 44.1 Å². The maximum Gasteiger partial charge on any atom is 0.265 e. The summed E-state index contributed by atoms with van der Waals surface area (Å²) in [7, 11) is 0. The average molecular weight is 301 g/mol. The number of rotatable bonds is 2. The van der Waals surface area contributed by atoms with E-state index in [0.29, 0.717) is 26.3 Å². The molecule has 3 nitrogen and oxygen atoms in total. The van der Waals surface area contributed by atoms with Gasteiger partial charge >= 0.3 is 0 Å². The lowest BCUT2D eigenvalue weighted by Crippen LogP contribution is -2.11. The van der Waals surface area contributed by atoms with E-state index < -0.39 is 0 Å². The second kappa shape index (κ2) is 5.18. The van der Waals surface area contributed by atoms with Gasteiger partial charge in [0, 0.05) is 5.69 Å². The summed E-state index contributed by atoms with van der Waals surface area (Å²) in [5.74, 6) is -0.181. The van der Waals surface area contributed by atoms with Gasteiger partial charge in [0.25, 0.3) is 5.91 Å². The fourth-order valence-corrected chi connectivity index (χ4v) is 2.76. The minimum atomic E-state index is -0.181. The molecular formula is C12H10Cl2N2OS. The topological polar surface area (TPSA) is 55.1 Å². The van der Waals surface area contributed by atoms with Gasteiger partial charge in [-0.2, -0.15) is 0 Å². The van der Waals surface area contributed by atoms with Gasteiger partial charge in [0.1, 0.15) is 0 Å². The van der Waals surface area contributed by atoms with E-state index in [1.807, 2.05) is 18.4 Å². The van der Waals surface area contributed by atoms with Gasteiger partial charge in [-0.1, -0.05) is 23.2 Å². The summed E-state index contributed by atoms with van der Waals surface area (Å²) in [5.41, 5.74) is 7.39. The Bertz CT molecular complexity index is 587. The molecular weight excluding hydrogens is 291 g/mol. The van der Waals surface area contributed by atoms with Crippen molar-refractivity contribution >= 4 is 51.8 Å². The number of nitrogen functional groups attached to an aromatic ring is 1. The van der Waals surface area contributed by atoms with E-state index in [9.17, 15) is 4.79 Å². The van der Waals surface area contributed by atoms with E-state index in [4.69, 9.17) is 28.9 Å². The van der Waals surface area contributed by atoms with Crippen LogP contribution < -0.4 is 11.1 Å². The van der Waals surface area contributed by atoms with Gasteiger partial charge in [-0.15, -0.1) is 11.3 Å². The smallest absolute Gasteiger partial charge is 0.265 e. The van der Waals surface area contributed by atoms with Crippen LogP contribution in [0.2, 0.25) is 10.0 Å².